The Morgan fingerprint density at radius 2 is 1.73 bits per heavy atom. The highest BCUT2D eigenvalue weighted by atomic mass is 79.9. The molecule has 10 atom stereocenters. The Labute approximate surface area is 207 Å². The van der Waals surface area contributed by atoms with Crippen molar-refractivity contribution in [3.63, 3.8) is 0 Å². The summed E-state index contributed by atoms with van der Waals surface area (Å²) in [5, 5.41) is 0. The summed E-state index contributed by atoms with van der Waals surface area (Å²) in [6, 6.07) is 0. The van der Waals surface area contributed by atoms with E-state index in [2.05, 4.69) is 36.7 Å². The van der Waals surface area contributed by atoms with Crippen molar-refractivity contribution < 1.29 is 23.9 Å². The molecule has 5 nitrogen and oxygen atoms in total. The largest absolute Gasteiger partial charge is 0.469 e. The van der Waals surface area contributed by atoms with Crippen molar-refractivity contribution in [3.8, 4) is 0 Å². The van der Waals surface area contributed by atoms with Crippen molar-refractivity contribution in [3.05, 3.63) is 0 Å². The SMILES string of the molecule is COC(=O)CC[C@@H](C)[C@H]1CC[C@H]2C3C(=O)[C@H](Br)C4C[C@H](OC(C)=O)CCC4(C)[C@H]3CCC12C. The predicted molar refractivity (Wildman–Crippen MR) is 130 cm³/mol. The fraction of sp³-hybridized carbons (Fsp3) is 0.889. The molecule has 0 heterocycles. The average molecular weight is 526 g/mol. The van der Waals surface area contributed by atoms with Crippen LogP contribution in [0.3, 0.4) is 0 Å². The van der Waals surface area contributed by atoms with Crippen LogP contribution in [-0.4, -0.2) is 35.8 Å². The minimum absolute atomic E-state index is 0.0645. The van der Waals surface area contributed by atoms with Crippen molar-refractivity contribution in [1.82, 2.24) is 0 Å². The third kappa shape index (κ3) is 4.21. The summed E-state index contributed by atoms with van der Waals surface area (Å²) in [5.41, 5.74) is 0.274. The fourth-order valence-electron chi connectivity index (χ4n) is 8.87. The molecule has 0 aliphatic heterocycles. The van der Waals surface area contributed by atoms with Gasteiger partial charge in [-0.1, -0.05) is 36.7 Å². The summed E-state index contributed by atoms with van der Waals surface area (Å²) in [6.07, 6.45) is 8.53. The van der Waals surface area contributed by atoms with E-state index in [1.165, 1.54) is 20.5 Å². The van der Waals surface area contributed by atoms with E-state index in [0.29, 0.717) is 35.9 Å². The zero-order chi connectivity index (χ0) is 24.1. The normalized spacial score (nSPS) is 45.4. The van der Waals surface area contributed by atoms with Gasteiger partial charge in [0, 0.05) is 19.3 Å². The molecule has 0 radical (unpaired) electrons. The van der Waals surface area contributed by atoms with Crippen molar-refractivity contribution >= 4 is 33.7 Å². The smallest absolute Gasteiger partial charge is 0.305 e. The summed E-state index contributed by atoms with van der Waals surface area (Å²) in [4.78, 5) is 37.0. The highest BCUT2D eigenvalue weighted by Crippen LogP contribution is 2.68. The lowest BCUT2D eigenvalue weighted by molar-refractivity contribution is -0.166. The maximum atomic E-state index is 13.9. The molecule has 0 amide bonds. The Bertz CT molecular complexity index is 797. The van der Waals surface area contributed by atoms with Crippen LogP contribution in [0.1, 0.15) is 85.5 Å². The van der Waals surface area contributed by atoms with Crippen molar-refractivity contribution in [2.45, 2.75) is 96.4 Å². The monoisotopic (exact) mass is 524 g/mol. The van der Waals surface area contributed by atoms with Crippen molar-refractivity contribution in [2.75, 3.05) is 7.11 Å². The number of rotatable bonds is 5. The van der Waals surface area contributed by atoms with Crippen LogP contribution in [0.15, 0.2) is 0 Å². The van der Waals surface area contributed by atoms with Gasteiger partial charge in [0.1, 0.15) is 11.9 Å². The van der Waals surface area contributed by atoms with Gasteiger partial charge in [-0.15, -0.1) is 0 Å². The van der Waals surface area contributed by atoms with E-state index in [9.17, 15) is 14.4 Å². The molecular formula is C27H41BrO5. The van der Waals surface area contributed by atoms with Gasteiger partial charge < -0.3 is 9.47 Å². The molecule has 4 rings (SSSR count). The number of halogens is 1. The zero-order valence-electron chi connectivity index (χ0n) is 20.9. The first-order valence-corrected chi connectivity index (χ1v) is 13.9. The van der Waals surface area contributed by atoms with E-state index in [4.69, 9.17) is 9.47 Å². The number of hydrogen-bond acceptors (Lipinski definition) is 5. The molecule has 186 valence electrons. The lowest BCUT2D eigenvalue weighted by Gasteiger charge is -2.61. The molecular weight excluding hydrogens is 484 g/mol. The Balaban J connectivity index is 1.54. The van der Waals surface area contributed by atoms with Gasteiger partial charge in [0.2, 0.25) is 0 Å². The van der Waals surface area contributed by atoms with Crippen molar-refractivity contribution in [1.29, 1.82) is 0 Å². The number of alkyl halides is 1. The van der Waals surface area contributed by atoms with Crippen molar-refractivity contribution in [2.24, 2.45) is 46.3 Å². The minimum atomic E-state index is -0.221. The number of methoxy groups -OCH3 is 1. The van der Waals surface area contributed by atoms with Gasteiger partial charge in [0.25, 0.3) is 0 Å². The third-order valence-corrected chi connectivity index (χ3v) is 11.7. The highest BCUT2D eigenvalue weighted by molar-refractivity contribution is 9.10. The fourth-order valence-corrected chi connectivity index (χ4v) is 9.99. The Hall–Kier alpha value is -0.910. The Kier molecular flexibility index (Phi) is 7.08. The van der Waals surface area contributed by atoms with Crippen LogP contribution in [0.4, 0.5) is 0 Å². The molecule has 4 aliphatic carbocycles. The predicted octanol–water partition coefficient (Wildman–Crippen LogP) is 5.72. The molecule has 0 N–H and O–H groups in total. The van der Waals surface area contributed by atoms with E-state index < -0.39 is 0 Å². The maximum Gasteiger partial charge on any atom is 0.305 e. The molecule has 4 saturated carbocycles. The molecule has 0 spiro atoms. The molecule has 4 aliphatic rings. The molecule has 0 aromatic rings. The molecule has 0 bridgehead atoms. The van der Waals surface area contributed by atoms with E-state index in [0.717, 1.165) is 44.9 Å². The minimum Gasteiger partial charge on any atom is -0.469 e. The zero-order valence-corrected chi connectivity index (χ0v) is 22.5. The molecule has 0 aromatic heterocycles. The van der Waals surface area contributed by atoms with Gasteiger partial charge in [-0.3, -0.25) is 14.4 Å². The number of hydrogen-bond donors (Lipinski definition) is 0. The topological polar surface area (TPSA) is 69.7 Å². The van der Waals surface area contributed by atoms with Gasteiger partial charge in [0.05, 0.1) is 11.9 Å². The van der Waals surface area contributed by atoms with Crippen LogP contribution in [0.5, 0.6) is 0 Å². The summed E-state index contributed by atoms with van der Waals surface area (Å²) in [6.45, 7) is 8.61. The van der Waals surface area contributed by atoms with E-state index in [-0.39, 0.29) is 45.5 Å². The van der Waals surface area contributed by atoms with Gasteiger partial charge in [-0.25, -0.2) is 0 Å². The molecule has 0 saturated heterocycles. The highest BCUT2D eigenvalue weighted by Gasteiger charge is 2.65. The van der Waals surface area contributed by atoms with E-state index in [1.54, 1.807) is 0 Å². The van der Waals surface area contributed by atoms with E-state index >= 15 is 0 Å². The molecule has 4 fully saturated rings. The Morgan fingerprint density at radius 3 is 2.39 bits per heavy atom. The standard InChI is InChI=1S/C27H41BrO5/c1-15(6-9-22(30)32-5)18-7-8-19-23-20(11-13-26(18,19)3)27(4)12-10-17(33-16(2)29)14-21(27)24(28)25(23)31/h15,17-21,23-24H,6-14H2,1-5H3/t15-,17-,18-,19+,20+,21?,23?,24-,26?,27?/m1/s1. The maximum absolute atomic E-state index is 13.9. The van der Waals surface area contributed by atoms with Crippen LogP contribution >= 0.6 is 15.9 Å². The molecule has 33 heavy (non-hydrogen) atoms. The van der Waals surface area contributed by atoms with Gasteiger partial charge in [0.15, 0.2) is 0 Å². The van der Waals surface area contributed by atoms with Gasteiger partial charge >= 0.3 is 11.9 Å². The summed E-state index contributed by atoms with van der Waals surface area (Å²) in [7, 11) is 1.46. The van der Waals surface area contributed by atoms with Crippen LogP contribution in [0, 0.1) is 46.3 Å². The van der Waals surface area contributed by atoms with Gasteiger partial charge in [-0.05, 0) is 91.8 Å². The van der Waals surface area contributed by atoms with Crippen LogP contribution < -0.4 is 0 Å². The van der Waals surface area contributed by atoms with Crippen LogP contribution in [-0.2, 0) is 23.9 Å². The second-order valence-electron chi connectivity index (χ2n) is 12.0. The van der Waals surface area contributed by atoms with Crippen LogP contribution in [0.2, 0.25) is 0 Å². The summed E-state index contributed by atoms with van der Waals surface area (Å²) in [5.74, 6) is 2.26. The lowest BCUT2D eigenvalue weighted by Crippen LogP contribution is -2.61. The second kappa shape index (κ2) is 9.28. The number of carbonyl (C=O) groups excluding carboxylic acids is 3. The quantitative estimate of drug-likeness (QED) is 0.339. The van der Waals surface area contributed by atoms with Gasteiger partial charge in [-0.2, -0.15) is 0 Å². The Morgan fingerprint density at radius 1 is 1.06 bits per heavy atom. The summed E-state index contributed by atoms with van der Waals surface area (Å²) < 4.78 is 10.4. The second-order valence-corrected chi connectivity index (χ2v) is 13.0. The number of Topliss-reactive ketones (excluding diaryl/α,β-unsaturated/α-hetero) is 1. The molecule has 4 unspecified atom stereocenters. The lowest BCUT2D eigenvalue weighted by atomic mass is 9.44. The first-order chi connectivity index (χ1) is 15.5. The number of ether oxygens (including phenoxy) is 2. The first-order valence-electron chi connectivity index (χ1n) is 12.9. The third-order valence-electron chi connectivity index (χ3n) is 10.6. The summed E-state index contributed by atoms with van der Waals surface area (Å²) >= 11 is 3.85. The van der Waals surface area contributed by atoms with Crippen LogP contribution in [0.25, 0.3) is 0 Å². The number of esters is 2. The number of carbonyl (C=O) groups is 3. The average Bonchev–Trinajstić information content (AvgIpc) is 3.13. The molecule has 0 aromatic carbocycles. The molecule has 6 heteroatoms. The first kappa shape index (κ1) is 25.2. The number of fused-ring (bicyclic) bond motifs is 5. The van der Waals surface area contributed by atoms with E-state index in [1.807, 2.05) is 0 Å². The number of ketones is 1.